The highest BCUT2D eigenvalue weighted by molar-refractivity contribution is 6.62. The zero-order chi connectivity index (χ0) is 22.3. The van der Waals surface area contributed by atoms with Gasteiger partial charge in [0.2, 0.25) is 6.79 Å². The van der Waals surface area contributed by atoms with Crippen molar-refractivity contribution in [1.82, 2.24) is 9.61 Å². The standard InChI is InChI=1S/C21H29BN2O6/c1-19(2,3)18(26)28-13-27-17(25)10-14-12-23-24-9-8-15(11-16(14)24)22-29-20(4,5)21(6,7)30-22/h8-9,11-12H,10,13H2,1-7H3. The fraction of sp³-hybridized carbons (Fsp3) is 0.571. The highest BCUT2D eigenvalue weighted by atomic mass is 16.7. The van der Waals surface area contributed by atoms with Crippen LogP contribution in [0.1, 0.15) is 54.0 Å². The van der Waals surface area contributed by atoms with Crippen molar-refractivity contribution in [2.45, 2.75) is 66.1 Å². The summed E-state index contributed by atoms with van der Waals surface area (Å²) in [6.07, 6.45) is 3.42. The number of pyridine rings is 1. The maximum absolute atomic E-state index is 12.2. The number of hydrogen-bond donors (Lipinski definition) is 0. The van der Waals surface area contributed by atoms with Crippen molar-refractivity contribution in [2.75, 3.05) is 6.79 Å². The van der Waals surface area contributed by atoms with Gasteiger partial charge in [-0.3, -0.25) is 9.59 Å². The van der Waals surface area contributed by atoms with Gasteiger partial charge in [-0.15, -0.1) is 0 Å². The van der Waals surface area contributed by atoms with E-state index in [2.05, 4.69) is 5.10 Å². The summed E-state index contributed by atoms with van der Waals surface area (Å²) in [5.74, 6) is -0.939. The molecule has 0 aliphatic carbocycles. The SMILES string of the molecule is CC(C)(C)C(=O)OCOC(=O)Cc1cnn2ccc(B3OC(C)(C)C(C)(C)O3)cc12. The van der Waals surface area contributed by atoms with Gasteiger partial charge >= 0.3 is 19.1 Å². The van der Waals surface area contributed by atoms with Gasteiger partial charge in [-0.1, -0.05) is 0 Å². The van der Waals surface area contributed by atoms with E-state index in [1.165, 1.54) is 0 Å². The van der Waals surface area contributed by atoms with Gasteiger partial charge in [-0.2, -0.15) is 5.10 Å². The predicted molar refractivity (Wildman–Crippen MR) is 111 cm³/mol. The van der Waals surface area contributed by atoms with Gasteiger partial charge in [-0.05, 0) is 66.1 Å². The Bertz CT molecular complexity index is 944. The molecule has 1 fully saturated rings. The van der Waals surface area contributed by atoms with Gasteiger partial charge < -0.3 is 18.8 Å². The Labute approximate surface area is 177 Å². The number of ether oxygens (including phenoxy) is 2. The molecule has 3 rings (SSSR count). The summed E-state index contributed by atoms with van der Waals surface area (Å²) >= 11 is 0. The van der Waals surface area contributed by atoms with Crippen LogP contribution in [0.3, 0.4) is 0 Å². The molecule has 1 saturated heterocycles. The summed E-state index contributed by atoms with van der Waals surface area (Å²) in [5.41, 5.74) is 0.753. The van der Waals surface area contributed by atoms with Crippen molar-refractivity contribution >= 4 is 30.0 Å². The van der Waals surface area contributed by atoms with E-state index in [0.717, 1.165) is 11.0 Å². The highest BCUT2D eigenvalue weighted by Gasteiger charge is 2.51. The van der Waals surface area contributed by atoms with Gasteiger partial charge in [0.15, 0.2) is 0 Å². The monoisotopic (exact) mass is 416 g/mol. The van der Waals surface area contributed by atoms with Crippen LogP contribution in [0.2, 0.25) is 0 Å². The van der Waals surface area contributed by atoms with Crippen molar-refractivity contribution in [3.05, 3.63) is 30.1 Å². The first-order valence-corrected chi connectivity index (χ1v) is 9.95. The number of fused-ring (bicyclic) bond motifs is 1. The van der Waals surface area contributed by atoms with E-state index in [0.29, 0.717) is 5.56 Å². The lowest BCUT2D eigenvalue weighted by Gasteiger charge is -2.32. The Balaban J connectivity index is 1.68. The number of aromatic nitrogens is 2. The van der Waals surface area contributed by atoms with Crippen LogP contribution in [0.5, 0.6) is 0 Å². The maximum atomic E-state index is 12.2. The Hall–Kier alpha value is -2.39. The first-order chi connectivity index (χ1) is 13.8. The normalized spacial score (nSPS) is 17.9. The van der Waals surface area contributed by atoms with Gasteiger partial charge in [-0.25, -0.2) is 4.52 Å². The van der Waals surface area contributed by atoms with Gasteiger partial charge in [0.05, 0.1) is 34.8 Å². The fourth-order valence-corrected chi connectivity index (χ4v) is 2.88. The van der Waals surface area contributed by atoms with Crippen LogP contribution in [0.4, 0.5) is 0 Å². The summed E-state index contributed by atoms with van der Waals surface area (Å²) in [7, 11) is -0.508. The number of rotatable bonds is 5. The van der Waals surface area contributed by atoms with Crippen molar-refractivity contribution in [3.8, 4) is 0 Å². The van der Waals surface area contributed by atoms with Crippen LogP contribution in [0, 0.1) is 5.41 Å². The molecule has 8 nitrogen and oxygen atoms in total. The average Bonchev–Trinajstić information content (AvgIpc) is 3.11. The van der Waals surface area contributed by atoms with Gasteiger partial charge in [0, 0.05) is 11.8 Å². The van der Waals surface area contributed by atoms with Crippen LogP contribution in [-0.4, -0.2) is 46.7 Å². The zero-order valence-corrected chi connectivity index (χ0v) is 18.6. The third kappa shape index (κ3) is 4.52. The smallest absolute Gasteiger partial charge is 0.428 e. The minimum Gasteiger partial charge on any atom is -0.428 e. The Kier molecular flexibility index (Phi) is 5.73. The van der Waals surface area contributed by atoms with Crippen LogP contribution in [0.15, 0.2) is 24.5 Å². The molecule has 3 heterocycles. The highest BCUT2D eigenvalue weighted by Crippen LogP contribution is 2.36. The van der Waals surface area contributed by atoms with Crippen molar-refractivity contribution in [1.29, 1.82) is 0 Å². The Morgan fingerprint density at radius 2 is 1.77 bits per heavy atom. The molecule has 9 heteroatoms. The molecule has 1 aliphatic heterocycles. The lowest BCUT2D eigenvalue weighted by atomic mass is 9.79. The molecule has 2 aromatic heterocycles. The molecule has 0 atom stereocenters. The van der Waals surface area contributed by atoms with Crippen LogP contribution >= 0.6 is 0 Å². The molecule has 0 spiro atoms. The number of carbonyl (C=O) groups excluding carboxylic acids is 2. The van der Waals surface area contributed by atoms with E-state index in [1.807, 2.05) is 39.8 Å². The number of esters is 2. The first-order valence-electron chi connectivity index (χ1n) is 9.95. The molecular formula is C21H29BN2O6. The molecule has 1 aliphatic rings. The van der Waals surface area contributed by atoms with Crippen LogP contribution < -0.4 is 5.46 Å². The Morgan fingerprint density at radius 1 is 1.13 bits per heavy atom. The minimum atomic E-state index is -0.654. The molecular weight excluding hydrogens is 387 g/mol. The zero-order valence-electron chi connectivity index (χ0n) is 18.6. The molecule has 0 saturated carbocycles. The van der Waals surface area contributed by atoms with E-state index >= 15 is 0 Å². The second kappa shape index (κ2) is 7.70. The molecule has 2 aromatic rings. The largest absolute Gasteiger partial charge is 0.494 e. The van der Waals surface area contributed by atoms with E-state index < -0.39 is 42.5 Å². The molecule has 162 valence electrons. The quantitative estimate of drug-likeness (QED) is 0.420. The molecule has 0 radical (unpaired) electrons. The number of carbonyl (C=O) groups is 2. The maximum Gasteiger partial charge on any atom is 0.494 e. The van der Waals surface area contributed by atoms with E-state index in [4.69, 9.17) is 18.8 Å². The third-order valence-electron chi connectivity index (χ3n) is 5.51. The molecule has 0 amide bonds. The number of hydrogen-bond acceptors (Lipinski definition) is 7. The summed E-state index contributed by atoms with van der Waals surface area (Å²) in [4.78, 5) is 23.9. The molecule has 0 aromatic carbocycles. The van der Waals surface area contributed by atoms with Crippen LogP contribution in [-0.2, 0) is 34.8 Å². The fourth-order valence-electron chi connectivity index (χ4n) is 2.88. The van der Waals surface area contributed by atoms with E-state index in [9.17, 15) is 9.59 Å². The first kappa shape index (κ1) is 22.3. The van der Waals surface area contributed by atoms with Crippen molar-refractivity contribution in [3.63, 3.8) is 0 Å². The molecule has 0 N–H and O–H groups in total. The number of nitrogens with zero attached hydrogens (tertiary/aromatic N) is 2. The van der Waals surface area contributed by atoms with E-state index in [1.54, 1.807) is 37.7 Å². The lowest BCUT2D eigenvalue weighted by Crippen LogP contribution is -2.41. The lowest BCUT2D eigenvalue weighted by molar-refractivity contribution is -0.172. The van der Waals surface area contributed by atoms with Crippen molar-refractivity contribution in [2.24, 2.45) is 5.41 Å². The summed E-state index contributed by atoms with van der Waals surface area (Å²) in [5, 5.41) is 4.28. The molecule has 0 bridgehead atoms. The second-order valence-electron chi connectivity index (χ2n) is 9.54. The Morgan fingerprint density at radius 3 is 2.37 bits per heavy atom. The second-order valence-corrected chi connectivity index (χ2v) is 9.54. The topological polar surface area (TPSA) is 88.4 Å². The summed E-state index contributed by atoms with van der Waals surface area (Å²) < 4.78 is 23.9. The third-order valence-corrected chi connectivity index (χ3v) is 5.51. The van der Waals surface area contributed by atoms with Crippen LogP contribution in [0.25, 0.3) is 5.52 Å². The molecule has 0 unspecified atom stereocenters. The minimum absolute atomic E-state index is 0.00336. The van der Waals surface area contributed by atoms with Crippen molar-refractivity contribution < 1.29 is 28.4 Å². The van der Waals surface area contributed by atoms with Gasteiger partial charge in [0.25, 0.3) is 0 Å². The predicted octanol–water partition coefficient (Wildman–Crippen LogP) is 2.27. The summed E-state index contributed by atoms with van der Waals surface area (Å²) in [6.45, 7) is 12.8. The van der Waals surface area contributed by atoms with E-state index in [-0.39, 0.29) is 6.42 Å². The summed E-state index contributed by atoms with van der Waals surface area (Å²) in [6, 6.07) is 3.79. The van der Waals surface area contributed by atoms with Gasteiger partial charge in [0.1, 0.15) is 0 Å². The molecule has 30 heavy (non-hydrogen) atoms. The average molecular weight is 416 g/mol.